The van der Waals surface area contributed by atoms with Crippen molar-refractivity contribution in [3.8, 4) is 0 Å². The van der Waals surface area contributed by atoms with Gasteiger partial charge in [-0.05, 0) is 25.5 Å². The number of aryl methyl sites for hydroxylation is 2. The van der Waals surface area contributed by atoms with Crippen molar-refractivity contribution in [3.63, 3.8) is 0 Å². The number of hydrogen-bond acceptors (Lipinski definition) is 5. The second-order valence-corrected chi connectivity index (χ2v) is 8.02. The summed E-state index contributed by atoms with van der Waals surface area (Å²) in [5, 5.41) is 3.81. The molecule has 8 heteroatoms. The van der Waals surface area contributed by atoms with E-state index in [2.05, 4.69) is 10.3 Å². The topological polar surface area (TPSA) is 64.0 Å². The van der Waals surface area contributed by atoms with E-state index in [1.807, 2.05) is 13.8 Å². The van der Waals surface area contributed by atoms with Gasteiger partial charge >= 0.3 is 0 Å². The van der Waals surface area contributed by atoms with Crippen LogP contribution in [0.25, 0.3) is 10.2 Å². The number of nitrogens with one attached hydrogen (secondary N) is 1. The molecule has 1 N–H and O–H groups in total. The maximum atomic E-state index is 13.6. The summed E-state index contributed by atoms with van der Waals surface area (Å²) in [5.41, 5.74) is 1.28. The minimum absolute atomic E-state index is 0.101. The third-order valence-electron chi connectivity index (χ3n) is 4.14. The Balaban J connectivity index is 1.69. The first-order chi connectivity index (χ1) is 12.4. The molecule has 1 amide bonds. The van der Waals surface area contributed by atoms with Crippen LogP contribution < -0.4 is 10.9 Å². The molecule has 2 heterocycles. The summed E-state index contributed by atoms with van der Waals surface area (Å²) in [6, 6.07) is 6.31. The van der Waals surface area contributed by atoms with Crippen LogP contribution in [-0.4, -0.2) is 21.2 Å². The SMILES string of the molecule is Cc1sc2nc(SCC(=O)NCc3ccccc3F)n(C)c(=O)c2c1C. The summed E-state index contributed by atoms with van der Waals surface area (Å²) in [5.74, 6) is -0.492. The molecule has 0 saturated carbocycles. The van der Waals surface area contributed by atoms with Gasteiger partial charge in [-0.3, -0.25) is 14.2 Å². The number of carbonyl (C=O) groups excluding carboxylic acids is 1. The molecule has 0 fully saturated rings. The number of amides is 1. The molecule has 136 valence electrons. The molecule has 2 aromatic heterocycles. The van der Waals surface area contributed by atoms with Gasteiger partial charge in [0, 0.05) is 24.0 Å². The van der Waals surface area contributed by atoms with Crippen molar-refractivity contribution >= 4 is 39.2 Å². The number of fused-ring (bicyclic) bond motifs is 1. The van der Waals surface area contributed by atoms with Gasteiger partial charge in [0.1, 0.15) is 10.6 Å². The molecule has 3 aromatic rings. The first-order valence-corrected chi connectivity index (χ1v) is 9.78. The molecule has 0 aliphatic rings. The third-order valence-corrected chi connectivity index (χ3v) is 6.27. The number of carbonyl (C=O) groups is 1. The Hall–Kier alpha value is -2.19. The van der Waals surface area contributed by atoms with Gasteiger partial charge in [-0.1, -0.05) is 30.0 Å². The summed E-state index contributed by atoms with van der Waals surface area (Å²) < 4.78 is 15.0. The highest BCUT2D eigenvalue weighted by Crippen LogP contribution is 2.27. The summed E-state index contributed by atoms with van der Waals surface area (Å²) in [6.45, 7) is 4.01. The molecular weight excluding hydrogens is 373 g/mol. The van der Waals surface area contributed by atoms with Gasteiger partial charge in [-0.2, -0.15) is 0 Å². The van der Waals surface area contributed by atoms with Gasteiger partial charge in [0.05, 0.1) is 11.1 Å². The molecule has 0 atom stereocenters. The van der Waals surface area contributed by atoms with E-state index in [0.29, 0.717) is 20.9 Å². The van der Waals surface area contributed by atoms with E-state index in [0.717, 1.165) is 10.4 Å². The van der Waals surface area contributed by atoms with Crippen molar-refractivity contribution < 1.29 is 9.18 Å². The van der Waals surface area contributed by atoms with Crippen molar-refractivity contribution in [3.05, 3.63) is 56.4 Å². The zero-order valence-corrected chi connectivity index (χ0v) is 16.3. The van der Waals surface area contributed by atoms with Crippen LogP contribution >= 0.6 is 23.1 Å². The molecule has 3 rings (SSSR count). The number of halogens is 1. The van der Waals surface area contributed by atoms with Crippen LogP contribution in [0.15, 0.2) is 34.2 Å². The smallest absolute Gasteiger partial charge is 0.262 e. The van der Waals surface area contributed by atoms with Crippen LogP contribution in [-0.2, 0) is 18.4 Å². The van der Waals surface area contributed by atoms with Gasteiger partial charge in [-0.25, -0.2) is 9.37 Å². The number of thiophene rings is 1. The lowest BCUT2D eigenvalue weighted by Crippen LogP contribution is -2.26. The highest BCUT2D eigenvalue weighted by Gasteiger charge is 2.15. The molecule has 5 nitrogen and oxygen atoms in total. The maximum absolute atomic E-state index is 13.6. The molecule has 0 radical (unpaired) electrons. The lowest BCUT2D eigenvalue weighted by Gasteiger charge is -2.08. The Kier molecular flexibility index (Phi) is 5.43. The lowest BCUT2D eigenvalue weighted by atomic mass is 10.2. The van der Waals surface area contributed by atoms with Crippen molar-refractivity contribution in [2.45, 2.75) is 25.5 Å². The molecule has 0 saturated heterocycles. The Morgan fingerprint density at radius 3 is 2.81 bits per heavy atom. The fraction of sp³-hybridized carbons (Fsp3) is 0.278. The van der Waals surface area contributed by atoms with E-state index < -0.39 is 0 Å². The van der Waals surface area contributed by atoms with E-state index in [1.165, 1.54) is 33.7 Å². The molecular formula is C18H18FN3O2S2. The quantitative estimate of drug-likeness (QED) is 0.536. The molecule has 0 aliphatic heterocycles. The predicted molar refractivity (Wildman–Crippen MR) is 103 cm³/mol. The predicted octanol–water partition coefficient (Wildman–Crippen LogP) is 3.16. The van der Waals surface area contributed by atoms with Crippen LogP contribution in [0.3, 0.4) is 0 Å². The van der Waals surface area contributed by atoms with Gasteiger partial charge < -0.3 is 5.32 Å². The van der Waals surface area contributed by atoms with Gasteiger partial charge in [0.15, 0.2) is 5.16 Å². The van der Waals surface area contributed by atoms with Crippen LogP contribution in [0.5, 0.6) is 0 Å². The number of nitrogens with zero attached hydrogens (tertiary/aromatic N) is 2. The van der Waals surface area contributed by atoms with Crippen LogP contribution in [0.4, 0.5) is 4.39 Å². The summed E-state index contributed by atoms with van der Waals surface area (Å²) >= 11 is 2.67. The first-order valence-electron chi connectivity index (χ1n) is 7.98. The third kappa shape index (κ3) is 3.66. The Bertz CT molecular complexity index is 1040. The van der Waals surface area contributed by atoms with Crippen LogP contribution in [0.1, 0.15) is 16.0 Å². The largest absolute Gasteiger partial charge is 0.351 e. The summed E-state index contributed by atoms with van der Waals surface area (Å²) in [6.07, 6.45) is 0. The van der Waals surface area contributed by atoms with Crippen molar-refractivity contribution in [2.75, 3.05) is 5.75 Å². The molecule has 26 heavy (non-hydrogen) atoms. The minimum Gasteiger partial charge on any atom is -0.351 e. The number of thioether (sulfide) groups is 1. The standard InChI is InChI=1S/C18H18FN3O2S2/c1-10-11(2)26-16-15(10)17(24)22(3)18(21-16)25-9-14(23)20-8-12-6-4-5-7-13(12)19/h4-7H,8-9H2,1-3H3,(H,20,23). The fourth-order valence-corrected chi connectivity index (χ4v) is 4.37. The second kappa shape index (κ2) is 7.59. The number of benzene rings is 1. The average Bonchev–Trinajstić information content (AvgIpc) is 2.90. The van der Waals surface area contributed by atoms with Crippen molar-refractivity contribution in [1.82, 2.24) is 14.9 Å². The van der Waals surface area contributed by atoms with E-state index >= 15 is 0 Å². The van der Waals surface area contributed by atoms with Crippen LogP contribution in [0, 0.1) is 19.7 Å². The molecule has 0 spiro atoms. The minimum atomic E-state index is -0.349. The Labute approximate surface area is 158 Å². The summed E-state index contributed by atoms with van der Waals surface area (Å²) in [7, 11) is 1.65. The normalized spacial score (nSPS) is 11.1. The highest BCUT2D eigenvalue weighted by molar-refractivity contribution is 7.99. The Morgan fingerprint density at radius 2 is 2.08 bits per heavy atom. The van der Waals surface area contributed by atoms with Gasteiger partial charge in [-0.15, -0.1) is 11.3 Å². The summed E-state index contributed by atoms with van der Waals surface area (Å²) in [4.78, 5) is 30.9. The fourth-order valence-electron chi connectivity index (χ4n) is 2.50. The lowest BCUT2D eigenvalue weighted by molar-refractivity contribution is -0.118. The highest BCUT2D eigenvalue weighted by atomic mass is 32.2. The number of hydrogen-bond donors (Lipinski definition) is 1. The van der Waals surface area contributed by atoms with E-state index in [4.69, 9.17) is 0 Å². The molecule has 1 aromatic carbocycles. The van der Waals surface area contributed by atoms with E-state index in [-0.39, 0.29) is 29.6 Å². The number of aromatic nitrogens is 2. The van der Waals surface area contributed by atoms with Crippen LogP contribution in [0.2, 0.25) is 0 Å². The van der Waals surface area contributed by atoms with E-state index in [1.54, 1.807) is 25.2 Å². The average molecular weight is 391 g/mol. The molecule has 0 bridgehead atoms. The molecule has 0 unspecified atom stereocenters. The Morgan fingerprint density at radius 1 is 1.35 bits per heavy atom. The van der Waals surface area contributed by atoms with Gasteiger partial charge in [0.25, 0.3) is 5.56 Å². The van der Waals surface area contributed by atoms with Crippen molar-refractivity contribution in [2.24, 2.45) is 7.05 Å². The van der Waals surface area contributed by atoms with E-state index in [9.17, 15) is 14.0 Å². The zero-order chi connectivity index (χ0) is 18.8. The van der Waals surface area contributed by atoms with Gasteiger partial charge in [0.2, 0.25) is 5.91 Å². The second-order valence-electron chi connectivity index (χ2n) is 5.88. The van der Waals surface area contributed by atoms with Crippen molar-refractivity contribution in [1.29, 1.82) is 0 Å². The zero-order valence-electron chi connectivity index (χ0n) is 14.6. The monoisotopic (exact) mass is 391 g/mol. The number of rotatable bonds is 5. The molecule has 0 aliphatic carbocycles. The maximum Gasteiger partial charge on any atom is 0.262 e. The first kappa shape index (κ1) is 18.6.